The van der Waals surface area contributed by atoms with E-state index in [0.29, 0.717) is 27.2 Å². The Bertz CT molecular complexity index is 1400. The molecular formula is C29H32Cl3N3O4S. The van der Waals surface area contributed by atoms with E-state index in [-0.39, 0.29) is 29.7 Å². The van der Waals surface area contributed by atoms with Crippen LogP contribution in [-0.2, 0) is 32.6 Å². The Kier molecular flexibility index (Phi) is 11.4. The summed E-state index contributed by atoms with van der Waals surface area (Å²) in [6.07, 6.45) is 0.201. The third-order valence-electron chi connectivity index (χ3n) is 6.23. The normalized spacial score (nSPS) is 12.4. The van der Waals surface area contributed by atoms with E-state index >= 15 is 0 Å². The molecular weight excluding hydrogens is 593 g/mol. The first kappa shape index (κ1) is 31.9. The number of nitrogens with one attached hydrogen (secondary N) is 1. The summed E-state index contributed by atoms with van der Waals surface area (Å²) in [5, 5.41) is 3.96. The Morgan fingerprint density at radius 2 is 1.48 bits per heavy atom. The van der Waals surface area contributed by atoms with E-state index in [1.165, 1.54) is 36.2 Å². The van der Waals surface area contributed by atoms with Crippen molar-refractivity contribution in [2.24, 2.45) is 5.92 Å². The van der Waals surface area contributed by atoms with Crippen LogP contribution in [0.4, 0.5) is 0 Å². The second-order valence-electron chi connectivity index (χ2n) is 9.78. The SMILES string of the molecule is CC(C)CNC(=O)[C@@H](Cc1ccccc1)N(Cc1c(Cl)cccc1Cl)C(=O)CN(C)S(=O)(=O)c1ccc(Cl)cc1. The number of halogens is 3. The van der Waals surface area contributed by atoms with Gasteiger partial charge in [-0.2, -0.15) is 4.31 Å². The Morgan fingerprint density at radius 1 is 0.875 bits per heavy atom. The third kappa shape index (κ3) is 8.44. The highest BCUT2D eigenvalue weighted by Gasteiger charge is 2.33. The summed E-state index contributed by atoms with van der Waals surface area (Å²) >= 11 is 18.8. The average Bonchev–Trinajstić information content (AvgIpc) is 2.91. The molecule has 7 nitrogen and oxygen atoms in total. The van der Waals surface area contributed by atoms with Crippen molar-refractivity contribution in [3.8, 4) is 0 Å². The number of carbonyl (C=O) groups excluding carboxylic acids is 2. The molecule has 3 aromatic carbocycles. The number of amides is 2. The molecule has 0 heterocycles. The Balaban J connectivity index is 2.01. The quantitative estimate of drug-likeness (QED) is 0.281. The van der Waals surface area contributed by atoms with E-state index in [1.54, 1.807) is 18.2 Å². The van der Waals surface area contributed by atoms with Crippen LogP contribution in [0.5, 0.6) is 0 Å². The van der Waals surface area contributed by atoms with Gasteiger partial charge in [-0.05, 0) is 47.9 Å². The van der Waals surface area contributed by atoms with Crippen molar-refractivity contribution in [3.05, 3.63) is 99.0 Å². The zero-order chi connectivity index (χ0) is 29.4. The average molecular weight is 625 g/mol. The van der Waals surface area contributed by atoms with Crippen molar-refractivity contribution in [1.82, 2.24) is 14.5 Å². The number of nitrogens with zero attached hydrogens (tertiary/aromatic N) is 2. The van der Waals surface area contributed by atoms with Gasteiger partial charge < -0.3 is 10.2 Å². The van der Waals surface area contributed by atoms with E-state index in [4.69, 9.17) is 34.8 Å². The molecule has 2 amide bonds. The van der Waals surface area contributed by atoms with Gasteiger partial charge in [0.05, 0.1) is 11.4 Å². The highest BCUT2D eigenvalue weighted by molar-refractivity contribution is 7.89. The predicted octanol–water partition coefficient (Wildman–Crippen LogP) is 5.68. The molecule has 3 aromatic rings. The topological polar surface area (TPSA) is 86.8 Å². The highest BCUT2D eigenvalue weighted by atomic mass is 35.5. The van der Waals surface area contributed by atoms with Gasteiger partial charge in [-0.25, -0.2) is 8.42 Å². The Morgan fingerprint density at radius 3 is 2.05 bits per heavy atom. The summed E-state index contributed by atoms with van der Waals surface area (Å²) in [5.74, 6) is -0.770. The van der Waals surface area contributed by atoms with Crippen molar-refractivity contribution >= 4 is 56.6 Å². The molecule has 1 N–H and O–H groups in total. The molecule has 1 atom stereocenters. The van der Waals surface area contributed by atoms with Crippen LogP contribution in [0.2, 0.25) is 15.1 Å². The highest BCUT2D eigenvalue weighted by Crippen LogP contribution is 2.27. The van der Waals surface area contributed by atoms with E-state index in [2.05, 4.69) is 5.32 Å². The largest absolute Gasteiger partial charge is 0.354 e. The fourth-order valence-corrected chi connectivity index (χ4v) is 5.75. The third-order valence-corrected chi connectivity index (χ3v) is 9.00. The zero-order valence-corrected chi connectivity index (χ0v) is 25.6. The van der Waals surface area contributed by atoms with Crippen molar-refractivity contribution in [2.45, 2.75) is 37.8 Å². The zero-order valence-electron chi connectivity index (χ0n) is 22.5. The predicted molar refractivity (Wildman–Crippen MR) is 160 cm³/mol. The van der Waals surface area contributed by atoms with E-state index in [1.807, 2.05) is 44.2 Å². The molecule has 3 rings (SSSR count). The molecule has 0 spiro atoms. The molecule has 0 fully saturated rings. The van der Waals surface area contributed by atoms with Crippen LogP contribution >= 0.6 is 34.8 Å². The van der Waals surface area contributed by atoms with Gasteiger partial charge in [-0.1, -0.05) is 85.0 Å². The summed E-state index contributed by atoms with van der Waals surface area (Å²) < 4.78 is 27.4. The molecule has 11 heteroatoms. The van der Waals surface area contributed by atoms with E-state index in [0.717, 1.165) is 9.87 Å². The lowest BCUT2D eigenvalue weighted by atomic mass is 10.0. The van der Waals surface area contributed by atoms with Crippen LogP contribution in [0.15, 0.2) is 77.7 Å². The van der Waals surface area contributed by atoms with Gasteiger partial charge in [0.1, 0.15) is 6.04 Å². The number of likely N-dealkylation sites (N-methyl/N-ethyl adjacent to an activating group) is 1. The molecule has 0 saturated carbocycles. The first-order chi connectivity index (χ1) is 18.9. The number of sulfonamides is 1. The molecule has 0 aromatic heterocycles. The summed E-state index contributed by atoms with van der Waals surface area (Å²) in [5.41, 5.74) is 1.29. The molecule has 0 unspecified atom stereocenters. The molecule has 0 aliphatic heterocycles. The van der Waals surface area contributed by atoms with Crippen molar-refractivity contribution < 1.29 is 18.0 Å². The van der Waals surface area contributed by atoms with Gasteiger partial charge in [-0.3, -0.25) is 9.59 Å². The maximum atomic E-state index is 13.9. The van der Waals surface area contributed by atoms with Crippen molar-refractivity contribution in [3.63, 3.8) is 0 Å². The summed E-state index contributed by atoms with van der Waals surface area (Å²) in [6, 6.07) is 19.0. The fraction of sp³-hybridized carbons (Fsp3) is 0.310. The monoisotopic (exact) mass is 623 g/mol. The van der Waals surface area contributed by atoms with Gasteiger partial charge in [0.25, 0.3) is 0 Å². The minimum atomic E-state index is -4.03. The second-order valence-corrected chi connectivity index (χ2v) is 13.1. The van der Waals surface area contributed by atoms with Gasteiger partial charge in [-0.15, -0.1) is 0 Å². The number of hydrogen-bond acceptors (Lipinski definition) is 4. The molecule has 40 heavy (non-hydrogen) atoms. The van der Waals surface area contributed by atoms with Gasteiger partial charge in [0.15, 0.2) is 0 Å². The molecule has 0 aliphatic rings. The van der Waals surface area contributed by atoms with E-state index < -0.39 is 28.5 Å². The number of benzene rings is 3. The standard InChI is InChI=1S/C29H32Cl3N3O4S/c1-20(2)17-33-29(37)27(16-21-8-5-4-6-9-21)35(18-24-25(31)10-7-11-26(24)32)28(36)19-34(3)40(38,39)23-14-12-22(30)13-15-23/h4-15,20,27H,16-19H2,1-3H3,(H,33,37)/t27-/m1/s1. The minimum Gasteiger partial charge on any atom is -0.354 e. The van der Waals surface area contributed by atoms with Crippen LogP contribution in [-0.4, -0.2) is 55.6 Å². The van der Waals surface area contributed by atoms with Crippen molar-refractivity contribution in [2.75, 3.05) is 20.1 Å². The molecule has 0 saturated heterocycles. The lowest BCUT2D eigenvalue weighted by Gasteiger charge is -2.33. The van der Waals surface area contributed by atoms with Crippen molar-refractivity contribution in [1.29, 1.82) is 0 Å². The lowest BCUT2D eigenvalue weighted by Crippen LogP contribution is -2.53. The smallest absolute Gasteiger partial charge is 0.243 e. The molecule has 214 valence electrons. The van der Waals surface area contributed by atoms with Gasteiger partial charge in [0, 0.05) is 47.2 Å². The Hall–Kier alpha value is -2.62. The summed E-state index contributed by atoms with van der Waals surface area (Å²) in [7, 11) is -2.71. The van der Waals surface area contributed by atoms with Crippen LogP contribution in [0, 0.1) is 5.92 Å². The molecule has 0 aliphatic carbocycles. The van der Waals surface area contributed by atoms with Crippen LogP contribution in [0.1, 0.15) is 25.0 Å². The van der Waals surface area contributed by atoms with Crippen LogP contribution in [0.25, 0.3) is 0 Å². The maximum absolute atomic E-state index is 13.9. The van der Waals surface area contributed by atoms with Gasteiger partial charge >= 0.3 is 0 Å². The number of carbonyl (C=O) groups is 2. The molecule has 0 radical (unpaired) electrons. The molecule has 0 bridgehead atoms. The Labute approximate surface area is 251 Å². The number of rotatable bonds is 12. The maximum Gasteiger partial charge on any atom is 0.243 e. The van der Waals surface area contributed by atoms with Crippen LogP contribution < -0.4 is 5.32 Å². The first-order valence-corrected chi connectivity index (χ1v) is 15.2. The van der Waals surface area contributed by atoms with Gasteiger partial charge in [0.2, 0.25) is 21.8 Å². The second kappa shape index (κ2) is 14.3. The number of hydrogen-bond donors (Lipinski definition) is 1. The summed E-state index contributed by atoms with van der Waals surface area (Å²) in [4.78, 5) is 28.8. The summed E-state index contributed by atoms with van der Waals surface area (Å²) in [6.45, 7) is 3.73. The van der Waals surface area contributed by atoms with Crippen LogP contribution in [0.3, 0.4) is 0 Å². The minimum absolute atomic E-state index is 0.0107. The fourth-order valence-electron chi connectivity index (χ4n) is 3.98. The first-order valence-electron chi connectivity index (χ1n) is 12.7. The lowest BCUT2D eigenvalue weighted by molar-refractivity contribution is -0.141. The van der Waals surface area contributed by atoms with E-state index in [9.17, 15) is 18.0 Å².